The third-order valence-electron chi connectivity index (χ3n) is 10.8. The van der Waals surface area contributed by atoms with Crippen molar-refractivity contribution in [2.75, 3.05) is 0 Å². The lowest BCUT2D eigenvalue weighted by molar-refractivity contribution is -0.119. The van der Waals surface area contributed by atoms with Gasteiger partial charge in [-0.3, -0.25) is 4.79 Å². The molecule has 0 radical (unpaired) electrons. The molecule has 0 N–H and O–H groups in total. The highest BCUT2D eigenvalue weighted by Crippen LogP contribution is 2.69. The number of ketones is 1. The molecule has 0 bridgehead atoms. The highest BCUT2D eigenvalue weighted by Gasteiger charge is 2.61. The van der Waals surface area contributed by atoms with Crippen molar-refractivity contribution in [2.24, 2.45) is 52.3 Å². The van der Waals surface area contributed by atoms with E-state index < -0.39 is 0 Å². The minimum atomic E-state index is 0.276. The first-order valence-corrected chi connectivity index (χ1v) is 14.6. The summed E-state index contributed by atoms with van der Waals surface area (Å²) in [6, 6.07) is 0. The van der Waals surface area contributed by atoms with E-state index in [0.29, 0.717) is 17.1 Å². The Morgan fingerprint density at radius 1 is 1.06 bits per heavy atom. The van der Waals surface area contributed by atoms with Crippen molar-refractivity contribution in [3.8, 4) is 0 Å². The lowest BCUT2D eigenvalue weighted by Gasteiger charge is -2.61. The van der Waals surface area contributed by atoms with E-state index in [9.17, 15) is 4.79 Å². The molecule has 8 atom stereocenters. The molecule has 0 saturated heterocycles. The van der Waals surface area contributed by atoms with Gasteiger partial charge in [-0.15, -0.1) is 6.58 Å². The van der Waals surface area contributed by atoms with Crippen LogP contribution in [0, 0.1) is 52.3 Å². The van der Waals surface area contributed by atoms with Crippen molar-refractivity contribution < 1.29 is 4.79 Å². The van der Waals surface area contributed by atoms with Crippen molar-refractivity contribution in [3.05, 3.63) is 24.3 Å². The Morgan fingerprint density at radius 2 is 1.79 bits per heavy atom. The van der Waals surface area contributed by atoms with Gasteiger partial charge in [0.2, 0.25) is 0 Å². The van der Waals surface area contributed by atoms with Gasteiger partial charge in [0.05, 0.1) is 0 Å². The highest BCUT2D eigenvalue weighted by molar-refractivity contribution is 5.91. The molecule has 1 heteroatoms. The normalized spacial score (nSPS) is 40.7. The van der Waals surface area contributed by atoms with E-state index in [-0.39, 0.29) is 5.41 Å². The van der Waals surface area contributed by atoms with Crippen molar-refractivity contribution in [1.29, 1.82) is 0 Å². The molecular formula is C32H54O. The molecule has 0 aliphatic heterocycles. The molecule has 5 unspecified atom stereocenters. The van der Waals surface area contributed by atoms with Gasteiger partial charge in [-0.2, -0.15) is 0 Å². The number of allylic oxidation sites excluding steroid dienone is 2. The van der Waals surface area contributed by atoms with Crippen LogP contribution in [-0.4, -0.2) is 5.78 Å². The Balaban J connectivity index is 0.00000149. The average molecular weight is 455 g/mol. The van der Waals surface area contributed by atoms with Gasteiger partial charge < -0.3 is 0 Å². The molecule has 4 aliphatic rings. The fraction of sp³-hybridized carbons (Fsp3) is 0.844. The van der Waals surface area contributed by atoms with Gasteiger partial charge in [-0.05, 0) is 103 Å². The minimum Gasteiger partial charge on any atom is -0.295 e. The van der Waals surface area contributed by atoms with Crippen LogP contribution in [0.15, 0.2) is 24.3 Å². The molecule has 0 aromatic rings. The second-order valence-electron chi connectivity index (χ2n) is 12.9. The number of carbonyl (C=O) groups is 1. The Labute approximate surface area is 206 Å². The van der Waals surface area contributed by atoms with Crippen molar-refractivity contribution in [3.63, 3.8) is 0 Å². The van der Waals surface area contributed by atoms with Crippen LogP contribution in [0.3, 0.4) is 0 Å². The summed E-state index contributed by atoms with van der Waals surface area (Å²) in [6.45, 7) is 20.6. The molecule has 3 saturated carbocycles. The third kappa shape index (κ3) is 4.95. The molecule has 0 aromatic heterocycles. The Hall–Kier alpha value is -0.850. The Bertz CT molecular complexity index is 716. The molecular weight excluding hydrogens is 400 g/mol. The van der Waals surface area contributed by atoms with Gasteiger partial charge in [0.15, 0.2) is 5.78 Å². The number of hydrogen-bond acceptors (Lipinski definition) is 1. The van der Waals surface area contributed by atoms with Gasteiger partial charge in [-0.25, -0.2) is 0 Å². The largest absolute Gasteiger partial charge is 0.295 e. The first-order chi connectivity index (χ1) is 15.7. The maximum absolute atomic E-state index is 12.3. The smallest absolute Gasteiger partial charge is 0.155 e. The fourth-order valence-corrected chi connectivity index (χ4v) is 9.18. The molecule has 0 aromatic carbocycles. The first-order valence-electron chi connectivity index (χ1n) is 14.6. The maximum Gasteiger partial charge on any atom is 0.155 e. The quantitative estimate of drug-likeness (QED) is 0.350. The van der Waals surface area contributed by atoms with E-state index in [4.69, 9.17) is 0 Å². The lowest BCUT2D eigenvalue weighted by atomic mass is 9.44. The second kappa shape index (κ2) is 10.8. The average Bonchev–Trinajstić information content (AvgIpc) is 3.13. The fourth-order valence-electron chi connectivity index (χ4n) is 9.18. The second-order valence-corrected chi connectivity index (χ2v) is 12.9. The maximum atomic E-state index is 12.3. The summed E-state index contributed by atoms with van der Waals surface area (Å²) in [6.07, 6.45) is 18.3. The number of carbonyl (C=O) groups excluding carboxylic acids is 1. The molecule has 3 fully saturated rings. The van der Waals surface area contributed by atoms with E-state index in [1.807, 2.05) is 13.8 Å². The summed E-state index contributed by atoms with van der Waals surface area (Å²) in [5.41, 5.74) is 2.30. The van der Waals surface area contributed by atoms with Crippen molar-refractivity contribution >= 4 is 5.78 Å². The van der Waals surface area contributed by atoms with Gasteiger partial charge in [0, 0.05) is 6.42 Å². The summed E-state index contributed by atoms with van der Waals surface area (Å²) in [5, 5.41) is 0. The summed E-state index contributed by atoms with van der Waals surface area (Å²) in [7, 11) is 0. The summed E-state index contributed by atoms with van der Waals surface area (Å²) in [5.74, 6) is 6.18. The van der Waals surface area contributed by atoms with Gasteiger partial charge in [-0.1, -0.05) is 79.4 Å². The van der Waals surface area contributed by atoms with Gasteiger partial charge in [0.25, 0.3) is 0 Å². The number of rotatable bonds is 7. The molecule has 33 heavy (non-hydrogen) atoms. The summed E-state index contributed by atoms with van der Waals surface area (Å²) >= 11 is 0. The molecule has 188 valence electrons. The van der Waals surface area contributed by atoms with Gasteiger partial charge in [0.1, 0.15) is 0 Å². The Kier molecular flexibility index (Phi) is 8.77. The van der Waals surface area contributed by atoms with Crippen LogP contribution in [0.4, 0.5) is 0 Å². The topological polar surface area (TPSA) is 17.1 Å². The van der Waals surface area contributed by atoms with E-state index in [0.717, 1.165) is 61.2 Å². The molecule has 4 rings (SSSR count). The Morgan fingerprint density at radius 3 is 2.45 bits per heavy atom. The molecule has 1 nitrogen and oxygen atoms in total. The standard InChI is InChI=1S/C30H48O.C2H6/c1-7-9-22-18-23-19-24(31)14-16-29(23,5)27-15-17-30(6)25(12-13-26(30)28(22)27)21(4)11-8-10-20(2)3;1-2/h7,19-22,25-28H,1,8-18H2,2-6H3;1-2H3/t21?,22-,25?,26?,27?,28?,29-,30+;/m0./s1. The van der Waals surface area contributed by atoms with Crippen LogP contribution in [0.25, 0.3) is 0 Å². The highest BCUT2D eigenvalue weighted by atomic mass is 16.1. The van der Waals surface area contributed by atoms with Crippen LogP contribution in [0.5, 0.6) is 0 Å². The summed E-state index contributed by atoms with van der Waals surface area (Å²) in [4.78, 5) is 12.3. The number of hydrogen-bond donors (Lipinski definition) is 0. The number of fused-ring (bicyclic) bond motifs is 5. The van der Waals surface area contributed by atoms with Crippen LogP contribution in [-0.2, 0) is 4.79 Å². The summed E-state index contributed by atoms with van der Waals surface area (Å²) < 4.78 is 0. The lowest BCUT2D eigenvalue weighted by Crippen LogP contribution is -2.54. The molecule has 0 heterocycles. The van der Waals surface area contributed by atoms with Crippen LogP contribution in [0.1, 0.15) is 119 Å². The van der Waals surface area contributed by atoms with Crippen molar-refractivity contribution in [1.82, 2.24) is 0 Å². The van der Waals surface area contributed by atoms with Crippen LogP contribution >= 0.6 is 0 Å². The SMILES string of the molecule is C=CC[C@H]1CC2=CC(=O)CC[C@]2(C)C2CC[C@]3(C)C(C(C)CCCC(C)C)CCC3C21.CC. The van der Waals surface area contributed by atoms with E-state index in [1.165, 1.54) is 50.5 Å². The van der Waals surface area contributed by atoms with E-state index in [1.54, 1.807) is 0 Å². The van der Waals surface area contributed by atoms with E-state index in [2.05, 4.69) is 53.3 Å². The zero-order chi connectivity index (χ0) is 24.4. The molecule has 0 spiro atoms. The predicted octanol–water partition coefficient (Wildman–Crippen LogP) is 9.43. The first kappa shape index (κ1) is 26.7. The van der Waals surface area contributed by atoms with Crippen molar-refractivity contribution in [2.45, 2.75) is 119 Å². The van der Waals surface area contributed by atoms with Crippen LogP contribution in [0.2, 0.25) is 0 Å². The molecule has 0 amide bonds. The van der Waals surface area contributed by atoms with Crippen LogP contribution < -0.4 is 0 Å². The predicted molar refractivity (Wildman–Crippen MR) is 143 cm³/mol. The zero-order valence-corrected chi connectivity index (χ0v) is 23.1. The van der Waals surface area contributed by atoms with Gasteiger partial charge >= 0.3 is 0 Å². The molecule has 4 aliphatic carbocycles. The zero-order valence-electron chi connectivity index (χ0n) is 23.1. The third-order valence-corrected chi connectivity index (χ3v) is 10.8. The monoisotopic (exact) mass is 454 g/mol. The van der Waals surface area contributed by atoms with E-state index >= 15 is 0 Å². The minimum absolute atomic E-state index is 0.276.